The minimum absolute atomic E-state index is 0.635. The van der Waals surface area contributed by atoms with E-state index in [2.05, 4.69) is 9.97 Å². The summed E-state index contributed by atoms with van der Waals surface area (Å²) in [5, 5.41) is 0.768. The lowest BCUT2D eigenvalue weighted by atomic mass is 10.1. The van der Waals surface area contributed by atoms with Crippen LogP contribution < -0.4 is 0 Å². The number of rotatable bonds is 1. The Morgan fingerprint density at radius 2 is 2.07 bits per heavy atom. The van der Waals surface area contributed by atoms with Gasteiger partial charge in [0.25, 0.3) is 0 Å². The number of halogens is 1. The molecule has 0 spiro atoms. The fraction of sp³-hybridized carbons (Fsp3) is 0.417. The van der Waals surface area contributed by atoms with Crippen LogP contribution in [-0.2, 0) is 0 Å². The molecule has 0 radical (unpaired) electrons. The molecular formula is C12H13ClN2. The molecule has 1 aliphatic rings. The molecule has 2 nitrogen and oxygen atoms in total. The van der Waals surface area contributed by atoms with Crippen LogP contribution in [0.15, 0.2) is 18.2 Å². The van der Waals surface area contributed by atoms with Crippen molar-refractivity contribution in [3.8, 4) is 0 Å². The number of nitrogens with zero attached hydrogens (tertiary/aromatic N) is 1. The molecule has 1 aliphatic carbocycles. The molecule has 1 saturated carbocycles. The molecule has 78 valence electrons. The summed E-state index contributed by atoms with van der Waals surface area (Å²) in [5.41, 5.74) is 2.09. The Bertz CT molecular complexity index is 483. The first kappa shape index (κ1) is 9.22. The first-order chi connectivity index (χ1) is 7.33. The molecule has 3 rings (SSSR count). The molecule has 15 heavy (non-hydrogen) atoms. The van der Waals surface area contributed by atoms with Crippen molar-refractivity contribution >= 4 is 22.6 Å². The second-order valence-corrected chi connectivity index (χ2v) is 4.70. The zero-order chi connectivity index (χ0) is 10.3. The molecule has 1 fully saturated rings. The fourth-order valence-electron chi connectivity index (χ4n) is 2.39. The number of hydrogen-bond acceptors (Lipinski definition) is 1. The van der Waals surface area contributed by atoms with Gasteiger partial charge in [-0.3, -0.25) is 0 Å². The van der Waals surface area contributed by atoms with Crippen molar-refractivity contribution in [3.05, 3.63) is 29.0 Å². The van der Waals surface area contributed by atoms with Crippen LogP contribution in [0.3, 0.4) is 0 Å². The van der Waals surface area contributed by atoms with Gasteiger partial charge in [0.15, 0.2) is 0 Å². The molecule has 1 aromatic carbocycles. The number of fused-ring (bicyclic) bond motifs is 1. The highest BCUT2D eigenvalue weighted by Crippen LogP contribution is 2.33. The van der Waals surface area contributed by atoms with Gasteiger partial charge < -0.3 is 4.98 Å². The van der Waals surface area contributed by atoms with Gasteiger partial charge in [0.05, 0.1) is 11.0 Å². The van der Waals surface area contributed by atoms with Gasteiger partial charge in [-0.15, -0.1) is 0 Å². The molecule has 0 aliphatic heterocycles. The molecule has 0 amide bonds. The maximum Gasteiger partial charge on any atom is 0.110 e. The third-order valence-corrected chi connectivity index (χ3v) is 3.44. The van der Waals surface area contributed by atoms with E-state index in [-0.39, 0.29) is 0 Å². The number of aromatic nitrogens is 2. The van der Waals surface area contributed by atoms with Gasteiger partial charge >= 0.3 is 0 Å². The molecule has 3 heteroatoms. The summed E-state index contributed by atoms with van der Waals surface area (Å²) >= 11 is 5.94. The predicted molar refractivity (Wildman–Crippen MR) is 62.3 cm³/mol. The monoisotopic (exact) mass is 220 g/mol. The van der Waals surface area contributed by atoms with Crippen LogP contribution in [0.1, 0.15) is 37.4 Å². The molecule has 0 bridgehead atoms. The summed E-state index contributed by atoms with van der Waals surface area (Å²) in [6.45, 7) is 0. The summed E-state index contributed by atoms with van der Waals surface area (Å²) in [7, 11) is 0. The normalized spacial score (nSPS) is 17.7. The molecule has 1 heterocycles. The highest BCUT2D eigenvalue weighted by Gasteiger charge is 2.20. The maximum atomic E-state index is 5.94. The van der Waals surface area contributed by atoms with E-state index >= 15 is 0 Å². The Balaban J connectivity index is 2.05. The van der Waals surface area contributed by atoms with Crippen molar-refractivity contribution in [1.82, 2.24) is 9.97 Å². The Morgan fingerprint density at radius 1 is 1.27 bits per heavy atom. The highest BCUT2D eigenvalue weighted by atomic mass is 35.5. The fourth-order valence-corrected chi connectivity index (χ4v) is 2.57. The Labute approximate surface area is 93.7 Å². The van der Waals surface area contributed by atoms with Gasteiger partial charge in [-0.2, -0.15) is 0 Å². The van der Waals surface area contributed by atoms with E-state index in [1.165, 1.54) is 25.7 Å². The number of imidazole rings is 1. The van der Waals surface area contributed by atoms with Crippen molar-refractivity contribution in [2.24, 2.45) is 0 Å². The summed E-state index contributed by atoms with van der Waals surface area (Å²) in [4.78, 5) is 8.00. The number of aromatic amines is 1. The third kappa shape index (κ3) is 1.63. The van der Waals surface area contributed by atoms with Crippen molar-refractivity contribution in [2.75, 3.05) is 0 Å². The second kappa shape index (κ2) is 3.53. The van der Waals surface area contributed by atoms with E-state index in [1.807, 2.05) is 18.2 Å². The molecule has 0 atom stereocenters. The standard InChI is InChI=1S/C12H13ClN2/c13-9-5-6-10-11(7-9)15-12(14-10)8-3-1-2-4-8/h5-8H,1-4H2,(H,14,15). The predicted octanol–water partition coefficient (Wildman–Crippen LogP) is 3.87. The van der Waals surface area contributed by atoms with E-state index in [1.54, 1.807) is 0 Å². The Kier molecular flexibility index (Phi) is 2.17. The van der Waals surface area contributed by atoms with Crippen LogP contribution in [0.25, 0.3) is 11.0 Å². The summed E-state index contributed by atoms with van der Waals surface area (Å²) in [5.74, 6) is 1.78. The van der Waals surface area contributed by atoms with Crippen LogP contribution in [0.2, 0.25) is 5.02 Å². The van der Waals surface area contributed by atoms with Gasteiger partial charge in [-0.1, -0.05) is 24.4 Å². The third-order valence-electron chi connectivity index (χ3n) is 3.20. The van der Waals surface area contributed by atoms with E-state index in [9.17, 15) is 0 Å². The van der Waals surface area contributed by atoms with E-state index in [0.717, 1.165) is 21.9 Å². The smallest absolute Gasteiger partial charge is 0.110 e. The van der Waals surface area contributed by atoms with Gasteiger partial charge in [0.2, 0.25) is 0 Å². The summed E-state index contributed by atoms with van der Waals surface area (Å²) in [6, 6.07) is 5.82. The molecule has 1 N–H and O–H groups in total. The van der Waals surface area contributed by atoms with Crippen LogP contribution in [0.4, 0.5) is 0 Å². The lowest BCUT2D eigenvalue weighted by molar-refractivity contribution is 0.681. The average molecular weight is 221 g/mol. The zero-order valence-corrected chi connectivity index (χ0v) is 9.22. The minimum atomic E-state index is 0.635. The Hall–Kier alpha value is -1.02. The summed E-state index contributed by atoms with van der Waals surface area (Å²) < 4.78 is 0. The Morgan fingerprint density at radius 3 is 2.87 bits per heavy atom. The number of benzene rings is 1. The lowest BCUT2D eigenvalue weighted by Gasteiger charge is -2.02. The van der Waals surface area contributed by atoms with Crippen LogP contribution >= 0.6 is 11.6 Å². The van der Waals surface area contributed by atoms with Crippen molar-refractivity contribution in [2.45, 2.75) is 31.6 Å². The van der Waals surface area contributed by atoms with E-state index in [4.69, 9.17) is 11.6 Å². The highest BCUT2D eigenvalue weighted by molar-refractivity contribution is 6.31. The maximum absolute atomic E-state index is 5.94. The van der Waals surface area contributed by atoms with Crippen LogP contribution in [-0.4, -0.2) is 9.97 Å². The second-order valence-electron chi connectivity index (χ2n) is 4.26. The molecular weight excluding hydrogens is 208 g/mol. The van der Waals surface area contributed by atoms with Gasteiger partial charge in [0, 0.05) is 10.9 Å². The van der Waals surface area contributed by atoms with Gasteiger partial charge in [0.1, 0.15) is 5.82 Å². The van der Waals surface area contributed by atoms with Crippen LogP contribution in [0, 0.1) is 0 Å². The molecule has 2 aromatic rings. The molecule has 1 aromatic heterocycles. The van der Waals surface area contributed by atoms with Crippen molar-refractivity contribution in [1.29, 1.82) is 0 Å². The van der Waals surface area contributed by atoms with Crippen molar-refractivity contribution < 1.29 is 0 Å². The van der Waals surface area contributed by atoms with Gasteiger partial charge in [-0.25, -0.2) is 4.98 Å². The molecule has 0 unspecified atom stereocenters. The van der Waals surface area contributed by atoms with Crippen molar-refractivity contribution in [3.63, 3.8) is 0 Å². The van der Waals surface area contributed by atoms with E-state index in [0.29, 0.717) is 5.92 Å². The number of hydrogen-bond donors (Lipinski definition) is 1. The number of nitrogens with one attached hydrogen (secondary N) is 1. The first-order valence-corrected chi connectivity index (χ1v) is 5.86. The number of H-pyrrole nitrogens is 1. The minimum Gasteiger partial charge on any atom is -0.342 e. The lowest BCUT2D eigenvalue weighted by Crippen LogP contribution is -1.93. The topological polar surface area (TPSA) is 28.7 Å². The SMILES string of the molecule is Clc1ccc2nc(C3CCCC3)[nH]c2c1. The van der Waals surface area contributed by atoms with E-state index < -0.39 is 0 Å². The largest absolute Gasteiger partial charge is 0.342 e. The first-order valence-electron chi connectivity index (χ1n) is 5.48. The van der Waals surface area contributed by atoms with Gasteiger partial charge in [-0.05, 0) is 31.0 Å². The molecule has 0 saturated heterocycles. The average Bonchev–Trinajstić information content (AvgIpc) is 2.84. The quantitative estimate of drug-likeness (QED) is 0.777. The summed E-state index contributed by atoms with van der Waals surface area (Å²) in [6.07, 6.45) is 5.21. The van der Waals surface area contributed by atoms with Crippen LogP contribution in [0.5, 0.6) is 0 Å². The zero-order valence-electron chi connectivity index (χ0n) is 8.46.